The predicted octanol–water partition coefficient (Wildman–Crippen LogP) is 5.52. The topological polar surface area (TPSA) is 77.8 Å². The minimum Gasteiger partial charge on any atom is -0.486 e. The van der Waals surface area contributed by atoms with Crippen molar-refractivity contribution in [1.29, 1.82) is 0 Å². The van der Waals surface area contributed by atoms with Crippen molar-refractivity contribution >= 4 is 38.7 Å². The van der Waals surface area contributed by atoms with Gasteiger partial charge in [-0.3, -0.25) is 14.5 Å². The van der Waals surface area contributed by atoms with E-state index in [2.05, 4.69) is 10.3 Å². The number of nitrogens with zero attached hydrogens (tertiary/aromatic N) is 3. The largest absolute Gasteiger partial charge is 0.486 e. The summed E-state index contributed by atoms with van der Waals surface area (Å²) in [5.41, 5.74) is 4.48. The zero-order valence-electron chi connectivity index (χ0n) is 17.6. The Balaban J connectivity index is 1.22. The normalized spacial score (nSPS) is 12.8. The van der Waals surface area contributed by atoms with Crippen LogP contribution in [0, 0.1) is 6.92 Å². The third-order valence-corrected chi connectivity index (χ3v) is 7.31. The molecule has 0 saturated carbocycles. The number of anilines is 1. The van der Waals surface area contributed by atoms with E-state index in [4.69, 9.17) is 14.5 Å². The molecule has 0 unspecified atom stereocenters. The molecule has 0 radical (unpaired) electrons. The van der Waals surface area contributed by atoms with Crippen LogP contribution in [0.15, 0.2) is 60.1 Å². The van der Waals surface area contributed by atoms with E-state index in [1.165, 1.54) is 22.7 Å². The maximum Gasteiger partial charge on any atom is 0.269 e. The van der Waals surface area contributed by atoms with Gasteiger partial charge < -0.3 is 9.47 Å². The molecule has 0 saturated heterocycles. The number of imidazole rings is 1. The lowest BCUT2D eigenvalue weighted by atomic mass is 10.1. The molecule has 1 N–H and O–H groups in total. The average Bonchev–Trinajstić information content (AvgIpc) is 3.56. The molecule has 1 aliphatic rings. The van der Waals surface area contributed by atoms with E-state index < -0.39 is 0 Å². The van der Waals surface area contributed by atoms with Crippen LogP contribution in [0.5, 0.6) is 11.5 Å². The summed E-state index contributed by atoms with van der Waals surface area (Å²) in [6.07, 6.45) is 1.97. The molecule has 33 heavy (non-hydrogen) atoms. The maximum absolute atomic E-state index is 13.0. The van der Waals surface area contributed by atoms with E-state index in [-0.39, 0.29) is 5.91 Å². The molecule has 6 rings (SSSR count). The highest BCUT2D eigenvalue weighted by Gasteiger charge is 2.20. The smallest absolute Gasteiger partial charge is 0.269 e. The number of aromatic nitrogens is 3. The summed E-state index contributed by atoms with van der Waals surface area (Å²) >= 11 is 2.76. The van der Waals surface area contributed by atoms with Gasteiger partial charge in [-0.1, -0.05) is 41.7 Å². The lowest BCUT2D eigenvalue weighted by molar-refractivity contribution is 0.102. The van der Waals surface area contributed by atoms with Gasteiger partial charge >= 0.3 is 0 Å². The third-order valence-electron chi connectivity index (χ3n) is 5.40. The van der Waals surface area contributed by atoms with Crippen molar-refractivity contribution < 1.29 is 14.3 Å². The molecule has 1 aliphatic heterocycles. The SMILES string of the molecule is Cc1c(C(=O)Nc2nc(-c3ccc4c(c3)OCCO4)cs2)sc2nc(-c3ccccc3)cn12. The Morgan fingerprint density at radius 3 is 2.64 bits per heavy atom. The molecule has 1 amide bonds. The monoisotopic (exact) mass is 474 g/mol. The van der Waals surface area contributed by atoms with Crippen LogP contribution in [0.25, 0.3) is 27.5 Å². The molecule has 5 aromatic rings. The molecule has 0 atom stereocenters. The fraction of sp³-hybridized carbons (Fsp3) is 0.125. The van der Waals surface area contributed by atoms with Crippen LogP contribution in [0.3, 0.4) is 0 Å². The maximum atomic E-state index is 13.0. The van der Waals surface area contributed by atoms with Crippen LogP contribution in [0.1, 0.15) is 15.4 Å². The van der Waals surface area contributed by atoms with Gasteiger partial charge in [-0.2, -0.15) is 0 Å². The quantitative estimate of drug-likeness (QED) is 0.371. The standard InChI is InChI=1S/C24H18N4O3S2/c1-14-21(33-24-26-17(12-28(14)24)15-5-3-2-4-6-15)22(29)27-23-25-18(13-32-23)16-7-8-19-20(11-16)31-10-9-30-19/h2-8,11-13H,9-10H2,1H3,(H,25,27,29). The zero-order valence-corrected chi connectivity index (χ0v) is 19.2. The Bertz CT molecular complexity index is 1490. The average molecular weight is 475 g/mol. The summed E-state index contributed by atoms with van der Waals surface area (Å²) in [5, 5.41) is 5.39. The van der Waals surface area contributed by atoms with Crippen LogP contribution >= 0.6 is 22.7 Å². The Morgan fingerprint density at radius 2 is 1.82 bits per heavy atom. The van der Waals surface area contributed by atoms with Gasteiger partial charge in [0, 0.05) is 28.4 Å². The number of aryl methyl sites for hydroxylation is 1. The Labute approximate surface area is 197 Å². The summed E-state index contributed by atoms with van der Waals surface area (Å²) in [6, 6.07) is 15.7. The van der Waals surface area contributed by atoms with Gasteiger partial charge in [-0.25, -0.2) is 9.97 Å². The molecule has 7 nitrogen and oxygen atoms in total. The number of ether oxygens (including phenoxy) is 2. The first-order chi connectivity index (χ1) is 16.2. The van der Waals surface area contributed by atoms with Crippen molar-refractivity contribution in [3.63, 3.8) is 0 Å². The fourth-order valence-corrected chi connectivity index (χ4v) is 5.45. The molecule has 0 spiro atoms. The van der Waals surface area contributed by atoms with Gasteiger partial charge in [0.1, 0.15) is 18.1 Å². The van der Waals surface area contributed by atoms with Crippen molar-refractivity contribution in [2.75, 3.05) is 18.5 Å². The summed E-state index contributed by atoms with van der Waals surface area (Å²) in [5.74, 6) is 1.26. The second-order valence-electron chi connectivity index (χ2n) is 7.51. The second kappa shape index (κ2) is 8.02. The number of carbonyl (C=O) groups excluding carboxylic acids is 1. The van der Waals surface area contributed by atoms with Crippen molar-refractivity contribution in [1.82, 2.24) is 14.4 Å². The minimum absolute atomic E-state index is 0.188. The zero-order chi connectivity index (χ0) is 22.4. The van der Waals surface area contributed by atoms with Crippen LogP contribution in [0.4, 0.5) is 5.13 Å². The Kier molecular flexibility index (Phi) is 4.85. The molecule has 0 fully saturated rings. The summed E-state index contributed by atoms with van der Waals surface area (Å²) in [6.45, 7) is 3.02. The third kappa shape index (κ3) is 3.65. The van der Waals surface area contributed by atoms with E-state index in [0.717, 1.165) is 38.9 Å². The number of carbonyl (C=O) groups is 1. The van der Waals surface area contributed by atoms with Crippen molar-refractivity contribution in [2.45, 2.75) is 6.92 Å². The summed E-state index contributed by atoms with van der Waals surface area (Å²) < 4.78 is 13.2. The molecule has 2 aromatic carbocycles. The van der Waals surface area contributed by atoms with Crippen LogP contribution < -0.4 is 14.8 Å². The number of thiazole rings is 2. The van der Waals surface area contributed by atoms with E-state index in [1.54, 1.807) is 0 Å². The number of hydrogen-bond acceptors (Lipinski definition) is 7. The first kappa shape index (κ1) is 20.0. The van der Waals surface area contributed by atoms with Crippen LogP contribution in [0.2, 0.25) is 0 Å². The Hall–Kier alpha value is -3.69. The van der Waals surface area contributed by atoms with Gasteiger partial charge in [0.25, 0.3) is 5.91 Å². The highest BCUT2D eigenvalue weighted by atomic mass is 32.1. The number of rotatable bonds is 4. The fourth-order valence-electron chi connectivity index (χ4n) is 3.73. The number of hydrogen-bond donors (Lipinski definition) is 1. The highest BCUT2D eigenvalue weighted by molar-refractivity contribution is 7.19. The van der Waals surface area contributed by atoms with Gasteiger partial charge in [-0.15, -0.1) is 11.3 Å². The molecular weight excluding hydrogens is 456 g/mol. The number of amides is 1. The molecular formula is C24H18N4O3S2. The number of nitrogens with one attached hydrogen (secondary N) is 1. The first-order valence-corrected chi connectivity index (χ1v) is 12.1. The lowest BCUT2D eigenvalue weighted by Crippen LogP contribution is -2.15. The summed E-state index contributed by atoms with van der Waals surface area (Å²) in [4.78, 5) is 23.7. The molecule has 3 aromatic heterocycles. The number of fused-ring (bicyclic) bond motifs is 2. The molecule has 0 bridgehead atoms. The van der Waals surface area contributed by atoms with Crippen molar-refractivity contribution in [3.05, 3.63) is 70.7 Å². The van der Waals surface area contributed by atoms with Crippen molar-refractivity contribution in [3.8, 4) is 34.0 Å². The van der Waals surface area contributed by atoms with E-state index in [9.17, 15) is 4.79 Å². The highest BCUT2D eigenvalue weighted by Crippen LogP contribution is 2.35. The second-order valence-corrected chi connectivity index (χ2v) is 9.35. The minimum atomic E-state index is -0.188. The lowest BCUT2D eigenvalue weighted by Gasteiger charge is -2.18. The van der Waals surface area contributed by atoms with E-state index in [1.807, 2.05) is 71.4 Å². The molecule has 0 aliphatic carbocycles. The van der Waals surface area contributed by atoms with Gasteiger partial charge in [0.15, 0.2) is 21.6 Å². The first-order valence-electron chi connectivity index (χ1n) is 10.4. The van der Waals surface area contributed by atoms with Crippen LogP contribution in [-0.2, 0) is 0 Å². The van der Waals surface area contributed by atoms with Gasteiger partial charge in [-0.05, 0) is 25.1 Å². The predicted molar refractivity (Wildman–Crippen MR) is 130 cm³/mol. The Morgan fingerprint density at radius 1 is 1.00 bits per heavy atom. The van der Waals surface area contributed by atoms with Crippen molar-refractivity contribution in [2.24, 2.45) is 0 Å². The summed E-state index contributed by atoms with van der Waals surface area (Å²) in [7, 11) is 0. The van der Waals surface area contributed by atoms with E-state index >= 15 is 0 Å². The van der Waals surface area contributed by atoms with E-state index in [0.29, 0.717) is 29.0 Å². The van der Waals surface area contributed by atoms with Crippen LogP contribution in [-0.4, -0.2) is 33.5 Å². The molecule has 4 heterocycles. The van der Waals surface area contributed by atoms with Gasteiger partial charge in [0.2, 0.25) is 0 Å². The van der Waals surface area contributed by atoms with Gasteiger partial charge in [0.05, 0.1) is 11.4 Å². The number of benzene rings is 2. The molecule has 9 heteroatoms. The molecule has 164 valence electrons.